The van der Waals surface area contributed by atoms with Crippen molar-refractivity contribution in [3.8, 4) is 0 Å². The summed E-state index contributed by atoms with van der Waals surface area (Å²) in [4.78, 5) is 42.0. The van der Waals surface area contributed by atoms with Gasteiger partial charge in [-0.25, -0.2) is 9.78 Å². The van der Waals surface area contributed by atoms with Gasteiger partial charge in [0.2, 0.25) is 0 Å². The second-order valence-electron chi connectivity index (χ2n) is 6.03. The molecule has 134 valence electrons. The third-order valence-corrected chi connectivity index (χ3v) is 4.24. The highest BCUT2D eigenvalue weighted by Gasteiger charge is 2.21. The minimum Gasteiger partial charge on any atom is -0.478 e. The first kappa shape index (κ1) is 16.5. The molecule has 0 saturated carbocycles. The van der Waals surface area contributed by atoms with Gasteiger partial charge in [-0.2, -0.15) is 0 Å². The first-order valence-corrected chi connectivity index (χ1v) is 8.12. The van der Waals surface area contributed by atoms with Gasteiger partial charge in [0.15, 0.2) is 0 Å². The zero-order valence-corrected chi connectivity index (χ0v) is 13.9. The van der Waals surface area contributed by atoms with E-state index in [2.05, 4.69) is 20.6 Å². The molecule has 4 N–H and O–H groups in total. The number of nitrogens with one attached hydrogen (secondary N) is 3. The van der Waals surface area contributed by atoms with Crippen LogP contribution in [-0.4, -0.2) is 21.0 Å². The van der Waals surface area contributed by atoms with Crippen LogP contribution in [-0.2, 0) is 6.54 Å². The minimum atomic E-state index is -1.03. The number of anilines is 3. The number of carboxylic acid groups (broad SMARTS) is 1. The van der Waals surface area contributed by atoms with E-state index in [-0.39, 0.29) is 23.5 Å². The Kier molecular flexibility index (Phi) is 3.92. The maximum absolute atomic E-state index is 11.9. The van der Waals surface area contributed by atoms with Crippen LogP contribution < -0.4 is 21.5 Å². The van der Waals surface area contributed by atoms with Gasteiger partial charge in [-0.05, 0) is 35.9 Å². The van der Waals surface area contributed by atoms with Crippen molar-refractivity contribution >= 4 is 34.1 Å². The van der Waals surface area contributed by atoms with Gasteiger partial charge < -0.3 is 20.7 Å². The minimum absolute atomic E-state index is 0.158. The average molecular weight is 362 g/mol. The predicted octanol–water partition coefficient (Wildman–Crippen LogP) is 2.21. The standard InChI is InChI=1S/C19H14N4O4/c24-17-15(20-8-10-2-1-3-11(6-10)19(26)27)16(18(17)25)23-12-4-5-13-14(7-12)22-9-21-13/h1-7,9,20,23H,8H2,(H,21,22)(H,26,27). The lowest BCUT2D eigenvalue weighted by Gasteiger charge is -2.15. The van der Waals surface area contributed by atoms with E-state index in [9.17, 15) is 14.4 Å². The van der Waals surface area contributed by atoms with Crippen LogP contribution >= 0.6 is 0 Å². The summed E-state index contributed by atoms with van der Waals surface area (Å²) in [5, 5.41) is 14.9. The molecule has 0 aliphatic rings. The summed E-state index contributed by atoms with van der Waals surface area (Å²) >= 11 is 0. The number of fused-ring (bicyclic) bond motifs is 1. The molecule has 8 nitrogen and oxygen atoms in total. The average Bonchev–Trinajstić information content (AvgIpc) is 3.15. The van der Waals surface area contributed by atoms with E-state index >= 15 is 0 Å². The smallest absolute Gasteiger partial charge is 0.335 e. The van der Waals surface area contributed by atoms with Crippen molar-refractivity contribution in [2.75, 3.05) is 10.6 Å². The van der Waals surface area contributed by atoms with Gasteiger partial charge >= 0.3 is 5.97 Å². The highest BCUT2D eigenvalue weighted by atomic mass is 16.4. The number of imidazole rings is 1. The third kappa shape index (κ3) is 3.04. The van der Waals surface area contributed by atoms with E-state index in [4.69, 9.17) is 5.11 Å². The maximum atomic E-state index is 11.9. The number of nitrogens with zero attached hydrogens (tertiary/aromatic N) is 1. The van der Waals surface area contributed by atoms with Gasteiger partial charge in [0.05, 0.1) is 22.9 Å². The van der Waals surface area contributed by atoms with Crippen LogP contribution in [0.1, 0.15) is 15.9 Å². The summed E-state index contributed by atoms with van der Waals surface area (Å²) in [6, 6.07) is 11.7. The molecule has 8 heteroatoms. The van der Waals surface area contributed by atoms with Gasteiger partial charge in [0.25, 0.3) is 10.9 Å². The number of hydrogen-bond donors (Lipinski definition) is 4. The van der Waals surface area contributed by atoms with Crippen molar-refractivity contribution in [1.82, 2.24) is 9.97 Å². The highest BCUT2D eigenvalue weighted by Crippen LogP contribution is 2.23. The van der Waals surface area contributed by atoms with Crippen molar-refractivity contribution in [1.29, 1.82) is 0 Å². The molecule has 0 radical (unpaired) electrons. The Morgan fingerprint density at radius 3 is 2.70 bits per heavy atom. The van der Waals surface area contributed by atoms with Crippen LogP contribution in [0.5, 0.6) is 0 Å². The normalized spacial score (nSPS) is 11.0. The van der Waals surface area contributed by atoms with Crippen LogP contribution in [0.2, 0.25) is 0 Å². The van der Waals surface area contributed by atoms with E-state index in [1.165, 1.54) is 12.1 Å². The lowest BCUT2D eigenvalue weighted by molar-refractivity contribution is 0.0696. The van der Waals surface area contributed by atoms with Gasteiger partial charge in [0.1, 0.15) is 11.4 Å². The van der Waals surface area contributed by atoms with Crippen molar-refractivity contribution in [2.24, 2.45) is 0 Å². The van der Waals surface area contributed by atoms with E-state index < -0.39 is 16.8 Å². The maximum Gasteiger partial charge on any atom is 0.335 e. The van der Waals surface area contributed by atoms with E-state index in [1.54, 1.807) is 36.7 Å². The number of aromatic nitrogens is 2. The van der Waals surface area contributed by atoms with Gasteiger partial charge in [-0.1, -0.05) is 12.1 Å². The zero-order valence-electron chi connectivity index (χ0n) is 13.9. The predicted molar refractivity (Wildman–Crippen MR) is 101 cm³/mol. The largest absolute Gasteiger partial charge is 0.478 e. The number of rotatable bonds is 6. The Bertz CT molecular complexity index is 1230. The molecule has 27 heavy (non-hydrogen) atoms. The van der Waals surface area contributed by atoms with Crippen LogP contribution in [0.3, 0.4) is 0 Å². The molecule has 3 aromatic carbocycles. The first-order valence-electron chi connectivity index (χ1n) is 8.12. The van der Waals surface area contributed by atoms with Gasteiger partial charge in [-0.3, -0.25) is 9.59 Å². The molecule has 0 amide bonds. The van der Waals surface area contributed by atoms with Gasteiger partial charge in [-0.15, -0.1) is 0 Å². The number of aromatic amines is 1. The summed E-state index contributed by atoms with van der Waals surface area (Å²) in [5.41, 5.74) is 2.27. The second-order valence-corrected chi connectivity index (χ2v) is 6.03. The number of H-pyrrole nitrogens is 1. The Labute approximate surface area is 152 Å². The Balaban J connectivity index is 1.54. The molecule has 0 atom stereocenters. The van der Waals surface area contributed by atoms with Crippen molar-refractivity contribution in [3.05, 3.63) is 80.4 Å². The van der Waals surface area contributed by atoms with Crippen molar-refractivity contribution in [3.63, 3.8) is 0 Å². The first-order chi connectivity index (χ1) is 13.0. The molecular weight excluding hydrogens is 348 g/mol. The number of carboxylic acids is 1. The van der Waals surface area contributed by atoms with E-state index in [1.807, 2.05) is 0 Å². The van der Waals surface area contributed by atoms with Crippen LogP contribution in [0, 0.1) is 0 Å². The fourth-order valence-electron chi connectivity index (χ4n) is 2.84. The Morgan fingerprint density at radius 2 is 1.89 bits per heavy atom. The molecule has 4 rings (SSSR count). The number of aromatic carboxylic acids is 1. The fourth-order valence-corrected chi connectivity index (χ4v) is 2.84. The quantitative estimate of drug-likeness (QED) is 0.388. The fraction of sp³-hybridized carbons (Fsp3) is 0.0526. The molecule has 0 fully saturated rings. The lowest BCUT2D eigenvalue weighted by Crippen LogP contribution is -2.36. The van der Waals surface area contributed by atoms with Crippen molar-refractivity contribution in [2.45, 2.75) is 6.54 Å². The molecule has 0 aliphatic heterocycles. The summed E-state index contributed by atoms with van der Waals surface area (Å²) in [6.45, 7) is 0.222. The summed E-state index contributed by atoms with van der Waals surface area (Å²) in [7, 11) is 0. The molecule has 4 aromatic rings. The molecule has 0 unspecified atom stereocenters. The molecule has 0 saturated heterocycles. The van der Waals surface area contributed by atoms with Crippen LogP contribution in [0.4, 0.5) is 17.1 Å². The number of carbonyl (C=O) groups is 1. The van der Waals surface area contributed by atoms with Crippen molar-refractivity contribution < 1.29 is 9.90 Å². The van der Waals surface area contributed by atoms with Crippen LogP contribution in [0.15, 0.2) is 58.4 Å². The molecule has 1 aromatic heterocycles. The SMILES string of the molecule is O=C(O)c1cccc(CNc2c(Nc3ccc4nc[nH]c4c3)c(=O)c2=O)c1. The topological polar surface area (TPSA) is 124 Å². The molecule has 0 bridgehead atoms. The third-order valence-electron chi connectivity index (χ3n) is 4.24. The number of hydrogen-bond acceptors (Lipinski definition) is 6. The second kappa shape index (κ2) is 6.41. The lowest BCUT2D eigenvalue weighted by atomic mass is 10.1. The molecule has 1 heterocycles. The summed E-state index contributed by atoms with van der Waals surface area (Å²) in [6.07, 6.45) is 1.57. The van der Waals surface area contributed by atoms with Gasteiger partial charge in [0, 0.05) is 12.2 Å². The molecule has 0 spiro atoms. The summed E-state index contributed by atoms with van der Waals surface area (Å²) in [5.74, 6) is -1.03. The number of benzene rings is 2. The Morgan fingerprint density at radius 1 is 1.07 bits per heavy atom. The highest BCUT2D eigenvalue weighted by molar-refractivity contribution is 5.88. The Hall–Kier alpha value is -3.94. The summed E-state index contributed by atoms with van der Waals surface area (Å²) < 4.78 is 0. The molecule has 0 aliphatic carbocycles. The van der Waals surface area contributed by atoms with E-state index in [0.29, 0.717) is 11.3 Å². The van der Waals surface area contributed by atoms with Crippen LogP contribution in [0.25, 0.3) is 11.0 Å². The zero-order chi connectivity index (χ0) is 19.0. The molecular formula is C19H14N4O4. The monoisotopic (exact) mass is 362 g/mol. The van der Waals surface area contributed by atoms with E-state index in [0.717, 1.165) is 11.0 Å².